The molecule has 4 bridgehead atoms. The molecule has 3 heterocycles. The summed E-state index contributed by atoms with van der Waals surface area (Å²) in [4.78, 5) is 14.9. The van der Waals surface area contributed by atoms with E-state index in [1.165, 1.54) is 0 Å². The van der Waals surface area contributed by atoms with Crippen molar-refractivity contribution in [1.29, 1.82) is 0 Å². The van der Waals surface area contributed by atoms with E-state index < -0.39 is 75.1 Å². The maximum absolute atomic E-state index is 12.9. The van der Waals surface area contributed by atoms with Crippen molar-refractivity contribution in [2.75, 3.05) is 13.1 Å². The number of esters is 1. The average Bonchev–Trinajstić information content (AvgIpc) is 3.09. The fourth-order valence-corrected chi connectivity index (χ4v) is 11.8. The van der Waals surface area contributed by atoms with Crippen molar-refractivity contribution in [1.82, 2.24) is 4.90 Å². The third-order valence-corrected chi connectivity index (χ3v) is 14.1. The second kappa shape index (κ2) is 8.57. The van der Waals surface area contributed by atoms with Crippen molar-refractivity contribution < 1.29 is 44.9 Å². The molecule has 7 fully saturated rings. The number of aliphatic hydroxyl groups is 6. The summed E-state index contributed by atoms with van der Waals surface area (Å²) in [6.45, 7) is 10.1. The number of aliphatic hydroxyl groups excluding tert-OH is 1. The van der Waals surface area contributed by atoms with Crippen LogP contribution >= 0.6 is 0 Å². The van der Waals surface area contributed by atoms with Crippen molar-refractivity contribution in [3.05, 3.63) is 11.6 Å². The van der Waals surface area contributed by atoms with Crippen LogP contribution in [0.25, 0.3) is 0 Å². The predicted octanol–water partition coefficient (Wildman–Crippen LogP) is 0.991. The Kier molecular flexibility index (Phi) is 6.04. The standard InChI is InChI=1S/C32H49NO9/c1-6-18(3)25(35)41-24-11-12-26(4)19-8-9-20-28(37)13-23(34)31(39)21(29(28,38)16-30(20,26)42-32(19,24)40)15-33-14-17(2)7-10-22(33)27(31,5)36/h6,17,19-24,34,36-40H,7-16H2,1-5H3/b18-6-/t17-,19-,20-,21-,22-,23-,24-,26-,27+,28+,29+,30-,31-,32-/m0/s1. The molecule has 0 aromatic heterocycles. The molecule has 0 aromatic carbocycles. The van der Waals surface area contributed by atoms with Gasteiger partial charge in [-0.25, -0.2) is 4.79 Å². The van der Waals surface area contributed by atoms with E-state index in [1.54, 1.807) is 26.8 Å². The van der Waals surface area contributed by atoms with Gasteiger partial charge in [-0.15, -0.1) is 0 Å². The van der Waals surface area contributed by atoms with Crippen LogP contribution in [-0.4, -0.2) is 107 Å². The number of nitrogens with zero attached hydrogens (tertiary/aromatic N) is 1. The molecular formula is C32H49NO9. The Balaban J connectivity index is 1.32. The SMILES string of the molecule is C/C=C(/C)C(=O)O[C@H]1CC[C@@]2(C)[C@@H]3CC[C@H]4[C@]5(O)C[C@H](O)[C@@]6(O)[C@@H](CN7C[C@@H](C)CC[C@H]7[C@@]6(C)O)[C@]5(O)C[C@]42O[C@]13O. The van der Waals surface area contributed by atoms with Gasteiger partial charge in [-0.3, -0.25) is 4.90 Å². The maximum Gasteiger partial charge on any atom is 0.333 e. The van der Waals surface area contributed by atoms with Gasteiger partial charge < -0.3 is 40.1 Å². The number of carbonyl (C=O) groups excluding carboxylic acids is 1. The van der Waals surface area contributed by atoms with Gasteiger partial charge in [-0.1, -0.05) is 19.9 Å². The van der Waals surface area contributed by atoms with Gasteiger partial charge in [-0.05, 0) is 65.2 Å². The summed E-state index contributed by atoms with van der Waals surface area (Å²) in [6, 6.07) is -0.387. The first-order valence-corrected chi connectivity index (χ1v) is 16.0. The molecule has 0 aromatic rings. The second-order valence-electron chi connectivity index (χ2n) is 15.7. The average molecular weight is 592 g/mol. The first-order chi connectivity index (χ1) is 19.5. The number of ether oxygens (including phenoxy) is 2. The van der Waals surface area contributed by atoms with Crippen LogP contribution in [0.2, 0.25) is 0 Å². The third kappa shape index (κ3) is 3.07. The molecule has 3 saturated heterocycles. The van der Waals surface area contributed by atoms with E-state index in [0.29, 0.717) is 50.1 Å². The summed E-state index contributed by atoms with van der Waals surface area (Å²) >= 11 is 0. The zero-order chi connectivity index (χ0) is 30.5. The number of carbonyl (C=O) groups is 1. The van der Waals surface area contributed by atoms with Crippen LogP contribution in [-0.2, 0) is 14.3 Å². The monoisotopic (exact) mass is 591 g/mol. The lowest BCUT2D eigenvalue weighted by atomic mass is 9.49. The van der Waals surface area contributed by atoms with Gasteiger partial charge in [0.15, 0.2) is 6.10 Å². The fourth-order valence-electron chi connectivity index (χ4n) is 11.8. The normalized spacial score (nSPS) is 60.3. The minimum absolute atomic E-state index is 0.0606. The topological polar surface area (TPSA) is 160 Å². The predicted molar refractivity (Wildman–Crippen MR) is 150 cm³/mol. The van der Waals surface area contributed by atoms with Crippen LogP contribution in [0.4, 0.5) is 0 Å². The highest BCUT2D eigenvalue weighted by atomic mass is 16.7. The Hall–Kier alpha value is -1.11. The van der Waals surface area contributed by atoms with Gasteiger partial charge in [0.05, 0.1) is 11.7 Å². The second-order valence-corrected chi connectivity index (χ2v) is 15.7. The van der Waals surface area contributed by atoms with E-state index >= 15 is 0 Å². The largest absolute Gasteiger partial charge is 0.453 e. The molecule has 4 saturated carbocycles. The Morgan fingerprint density at radius 1 is 0.952 bits per heavy atom. The van der Waals surface area contributed by atoms with Gasteiger partial charge in [0.25, 0.3) is 0 Å². The Bertz CT molecular complexity index is 1220. The molecule has 6 N–H and O–H groups in total. The number of hydrogen-bond acceptors (Lipinski definition) is 10. The molecule has 0 radical (unpaired) electrons. The first kappa shape index (κ1) is 29.6. The van der Waals surface area contributed by atoms with E-state index in [1.807, 2.05) is 6.92 Å². The Labute approximate surface area is 247 Å². The molecule has 42 heavy (non-hydrogen) atoms. The van der Waals surface area contributed by atoms with Gasteiger partial charge in [0.2, 0.25) is 5.79 Å². The summed E-state index contributed by atoms with van der Waals surface area (Å²) in [5.74, 6) is -4.05. The molecule has 10 nitrogen and oxygen atoms in total. The number of fused-ring (bicyclic) bond motifs is 5. The summed E-state index contributed by atoms with van der Waals surface area (Å²) < 4.78 is 12.6. The minimum atomic E-state index is -2.06. The highest BCUT2D eigenvalue weighted by Gasteiger charge is 2.88. The molecule has 0 unspecified atom stereocenters. The van der Waals surface area contributed by atoms with E-state index in [-0.39, 0.29) is 25.4 Å². The highest BCUT2D eigenvalue weighted by molar-refractivity contribution is 5.87. The van der Waals surface area contributed by atoms with E-state index in [2.05, 4.69) is 11.8 Å². The zero-order valence-corrected chi connectivity index (χ0v) is 25.5. The number of hydrogen-bond donors (Lipinski definition) is 6. The molecule has 0 amide bonds. The number of rotatable bonds is 2. The summed E-state index contributed by atoms with van der Waals surface area (Å²) in [5.41, 5.74) is -8.96. The van der Waals surface area contributed by atoms with Crippen molar-refractivity contribution in [2.45, 2.75) is 138 Å². The number of allylic oxidation sites excluding steroid dienone is 1. The van der Waals surface area contributed by atoms with Crippen LogP contribution in [0.1, 0.15) is 86.0 Å². The van der Waals surface area contributed by atoms with Crippen molar-refractivity contribution in [3.63, 3.8) is 0 Å². The van der Waals surface area contributed by atoms with E-state index in [4.69, 9.17) is 9.47 Å². The van der Waals surface area contributed by atoms with Gasteiger partial charge >= 0.3 is 5.97 Å². The van der Waals surface area contributed by atoms with E-state index in [0.717, 1.165) is 6.42 Å². The molecule has 7 aliphatic rings. The minimum Gasteiger partial charge on any atom is -0.453 e. The van der Waals surface area contributed by atoms with Crippen LogP contribution in [0.3, 0.4) is 0 Å². The van der Waals surface area contributed by atoms with Gasteiger partial charge in [0, 0.05) is 60.7 Å². The van der Waals surface area contributed by atoms with Crippen LogP contribution in [0.5, 0.6) is 0 Å². The van der Waals surface area contributed by atoms with Crippen molar-refractivity contribution >= 4 is 5.97 Å². The van der Waals surface area contributed by atoms with Crippen LogP contribution in [0, 0.1) is 29.1 Å². The number of piperidine rings is 2. The summed E-state index contributed by atoms with van der Waals surface area (Å²) in [7, 11) is 0. The molecule has 10 heteroatoms. The van der Waals surface area contributed by atoms with Crippen LogP contribution in [0.15, 0.2) is 11.6 Å². The molecule has 236 valence electrons. The van der Waals surface area contributed by atoms with Crippen molar-refractivity contribution in [2.24, 2.45) is 29.1 Å². The smallest absolute Gasteiger partial charge is 0.333 e. The van der Waals surface area contributed by atoms with E-state index in [9.17, 15) is 35.4 Å². The lowest BCUT2D eigenvalue weighted by molar-refractivity contribution is -0.354. The maximum atomic E-state index is 12.9. The Morgan fingerprint density at radius 2 is 1.64 bits per heavy atom. The molecular weight excluding hydrogens is 542 g/mol. The van der Waals surface area contributed by atoms with Crippen molar-refractivity contribution in [3.8, 4) is 0 Å². The lowest BCUT2D eigenvalue weighted by Crippen LogP contribution is -2.85. The van der Waals surface area contributed by atoms with Crippen LogP contribution < -0.4 is 0 Å². The zero-order valence-electron chi connectivity index (χ0n) is 25.5. The molecule has 3 aliphatic heterocycles. The third-order valence-electron chi connectivity index (χ3n) is 14.1. The lowest BCUT2D eigenvalue weighted by Gasteiger charge is -2.68. The molecule has 7 rings (SSSR count). The highest BCUT2D eigenvalue weighted by Crippen LogP contribution is 2.78. The first-order valence-electron chi connectivity index (χ1n) is 16.0. The molecule has 1 spiro atoms. The summed E-state index contributed by atoms with van der Waals surface area (Å²) in [6.07, 6.45) is 2.30. The summed E-state index contributed by atoms with van der Waals surface area (Å²) in [5, 5.41) is 73.9. The van der Waals surface area contributed by atoms with Gasteiger partial charge in [0.1, 0.15) is 22.4 Å². The quantitative estimate of drug-likeness (QED) is 0.202. The molecule has 4 aliphatic carbocycles. The van der Waals surface area contributed by atoms with Gasteiger partial charge in [-0.2, -0.15) is 0 Å². The Morgan fingerprint density at radius 3 is 2.33 bits per heavy atom. The fraction of sp³-hybridized carbons (Fsp3) is 0.906. The molecule has 14 atom stereocenters.